The van der Waals surface area contributed by atoms with Gasteiger partial charge in [-0.25, -0.2) is 4.39 Å². The van der Waals surface area contributed by atoms with Crippen LogP contribution >= 0.6 is 0 Å². The van der Waals surface area contributed by atoms with Crippen molar-refractivity contribution in [2.75, 3.05) is 13.1 Å². The van der Waals surface area contributed by atoms with Gasteiger partial charge in [-0.2, -0.15) is 0 Å². The topological polar surface area (TPSA) is 15.3 Å². The number of nitrogens with zero attached hydrogens (tertiary/aromatic N) is 1. The minimum absolute atomic E-state index is 0.113. The molecule has 0 radical (unpaired) electrons. The molecular formula is C16H23FN2. The van der Waals surface area contributed by atoms with Gasteiger partial charge >= 0.3 is 0 Å². The van der Waals surface area contributed by atoms with Gasteiger partial charge in [-0.1, -0.05) is 25.1 Å². The molecule has 2 nitrogen and oxygen atoms in total. The van der Waals surface area contributed by atoms with E-state index in [1.165, 1.54) is 12.8 Å². The van der Waals surface area contributed by atoms with Gasteiger partial charge in [0.15, 0.2) is 0 Å². The SMILES string of the molecule is C=CCN(CC)Cc1cc(CNC2CC2)ccc1F. The van der Waals surface area contributed by atoms with Gasteiger partial charge in [0.05, 0.1) is 0 Å². The second-order valence-electron chi connectivity index (χ2n) is 5.20. The second kappa shape index (κ2) is 6.83. The molecule has 1 saturated carbocycles. The number of nitrogens with one attached hydrogen (secondary N) is 1. The molecule has 1 N–H and O–H groups in total. The van der Waals surface area contributed by atoms with Gasteiger partial charge in [-0.3, -0.25) is 4.90 Å². The predicted molar refractivity (Wildman–Crippen MR) is 77.4 cm³/mol. The molecule has 2 rings (SSSR count). The van der Waals surface area contributed by atoms with Crippen LogP contribution in [0.3, 0.4) is 0 Å². The Morgan fingerprint density at radius 2 is 2.26 bits per heavy atom. The lowest BCUT2D eigenvalue weighted by Gasteiger charge is -2.19. The molecule has 0 aliphatic heterocycles. The number of halogens is 1. The molecule has 1 aromatic carbocycles. The molecule has 0 aromatic heterocycles. The molecular weight excluding hydrogens is 239 g/mol. The van der Waals surface area contributed by atoms with Crippen LogP contribution in [-0.2, 0) is 13.1 Å². The summed E-state index contributed by atoms with van der Waals surface area (Å²) in [6.45, 7) is 9.00. The Hall–Kier alpha value is -1.19. The quantitative estimate of drug-likeness (QED) is 0.724. The zero-order valence-corrected chi connectivity index (χ0v) is 11.7. The lowest BCUT2D eigenvalue weighted by atomic mass is 10.1. The van der Waals surface area contributed by atoms with E-state index in [0.717, 1.165) is 30.8 Å². The third-order valence-corrected chi connectivity index (χ3v) is 3.51. The summed E-state index contributed by atoms with van der Waals surface area (Å²) in [7, 11) is 0. The van der Waals surface area contributed by atoms with E-state index in [1.54, 1.807) is 6.07 Å². The molecule has 1 aliphatic rings. The summed E-state index contributed by atoms with van der Waals surface area (Å²) in [5.41, 5.74) is 1.94. The Morgan fingerprint density at radius 3 is 2.89 bits per heavy atom. The highest BCUT2D eigenvalue weighted by Gasteiger charge is 2.20. The van der Waals surface area contributed by atoms with Crippen LogP contribution in [0.1, 0.15) is 30.9 Å². The van der Waals surface area contributed by atoms with Crippen LogP contribution in [0.4, 0.5) is 4.39 Å². The second-order valence-corrected chi connectivity index (χ2v) is 5.20. The zero-order valence-electron chi connectivity index (χ0n) is 11.7. The smallest absolute Gasteiger partial charge is 0.127 e. The fourth-order valence-electron chi connectivity index (χ4n) is 2.14. The van der Waals surface area contributed by atoms with E-state index in [2.05, 4.69) is 23.7 Å². The normalized spacial score (nSPS) is 14.9. The van der Waals surface area contributed by atoms with Crippen LogP contribution in [0.15, 0.2) is 30.9 Å². The van der Waals surface area contributed by atoms with Gasteiger partial charge < -0.3 is 5.32 Å². The fourth-order valence-corrected chi connectivity index (χ4v) is 2.14. The molecule has 3 heteroatoms. The molecule has 0 spiro atoms. The summed E-state index contributed by atoms with van der Waals surface area (Å²) >= 11 is 0. The average molecular weight is 262 g/mol. The van der Waals surface area contributed by atoms with Crippen LogP contribution in [0.5, 0.6) is 0 Å². The third kappa shape index (κ3) is 4.44. The maximum atomic E-state index is 13.8. The van der Waals surface area contributed by atoms with Gasteiger partial charge in [0.1, 0.15) is 5.82 Å². The fraction of sp³-hybridized carbons (Fsp3) is 0.500. The monoisotopic (exact) mass is 262 g/mol. The minimum atomic E-state index is -0.113. The van der Waals surface area contributed by atoms with Gasteiger partial charge in [-0.05, 0) is 31.0 Å². The Morgan fingerprint density at radius 1 is 1.47 bits per heavy atom. The summed E-state index contributed by atoms with van der Waals surface area (Å²) in [6, 6.07) is 6.12. The van der Waals surface area contributed by atoms with E-state index < -0.39 is 0 Å². The Balaban J connectivity index is 2.00. The van der Waals surface area contributed by atoms with Crippen molar-refractivity contribution in [2.24, 2.45) is 0 Å². The first-order valence-corrected chi connectivity index (χ1v) is 7.07. The van der Waals surface area contributed by atoms with Gasteiger partial charge in [0, 0.05) is 31.2 Å². The van der Waals surface area contributed by atoms with Gasteiger partial charge in [0.2, 0.25) is 0 Å². The highest BCUT2D eigenvalue weighted by atomic mass is 19.1. The van der Waals surface area contributed by atoms with Crippen molar-refractivity contribution >= 4 is 0 Å². The third-order valence-electron chi connectivity index (χ3n) is 3.51. The molecule has 104 valence electrons. The highest BCUT2D eigenvalue weighted by Crippen LogP contribution is 2.20. The zero-order chi connectivity index (χ0) is 13.7. The largest absolute Gasteiger partial charge is 0.310 e. The molecule has 0 unspecified atom stereocenters. The van der Waals surface area contributed by atoms with Crippen molar-refractivity contribution in [3.8, 4) is 0 Å². The van der Waals surface area contributed by atoms with Crippen molar-refractivity contribution in [2.45, 2.75) is 38.9 Å². The highest BCUT2D eigenvalue weighted by molar-refractivity contribution is 5.25. The number of hydrogen-bond acceptors (Lipinski definition) is 2. The summed E-state index contributed by atoms with van der Waals surface area (Å²) in [5, 5.41) is 3.46. The molecule has 1 aliphatic carbocycles. The molecule has 0 saturated heterocycles. The summed E-state index contributed by atoms with van der Waals surface area (Å²) < 4.78 is 13.8. The van der Waals surface area contributed by atoms with E-state index in [0.29, 0.717) is 12.6 Å². The lowest BCUT2D eigenvalue weighted by molar-refractivity contribution is 0.306. The number of benzene rings is 1. The maximum Gasteiger partial charge on any atom is 0.127 e. The van der Waals surface area contributed by atoms with Crippen LogP contribution in [0.2, 0.25) is 0 Å². The van der Waals surface area contributed by atoms with Crippen molar-refractivity contribution in [3.05, 3.63) is 47.8 Å². The van der Waals surface area contributed by atoms with Crippen LogP contribution in [0.25, 0.3) is 0 Å². The Labute approximate surface area is 115 Å². The van der Waals surface area contributed by atoms with Gasteiger partial charge in [-0.15, -0.1) is 6.58 Å². The number of rotatable bonds is 8. The average Bonchev–Trinajstić information content (AvgIpc) is 3.23. The van der Waals surface area contributed by atoms with Crippen molar-refractivity contribution < 1.29 is 4.39 Å². The molecule has 19 heavy (non-hydrogen) atoms. The Bertz CT molecular complexity index is 427. The minimum Gasteiger partial charge on any atom is -0.310 e. The van der Waals surface area contributed by atoms with Crippen LogP contribution < -0.4 is 5.32 Å². The molecule has 0 atom stereocenters. The first-order chi connectivity index (χ1) is 9.22. The van der Waals surface area contributed by atoms with Crippen molar-refractivity contribution in [1.82, 2.24) is 10.2 Å². The van der Waals surface area contributed by atoms with Crippen molar-refractivity contribution in [3.63, 3.8) is 0 Å². The standard InChI is InChI=1S/C16H23FN2/c1-3-9-19(4-2)12-14-10-13(5-8-16(14)17)11-18-15-6-7-15/h3,5,8,10,15,18H,1,4,6-7,9,11-12H2,2H3. The van der Waals surface area contributed by atoms with Crippen LogP contribution in [-0.4, -0.2) is 24.0 Å². The molecule has 1 aromatic rings. The lowest BCUT2D eigenvalue weighted by Crippen LogP contribution is -2.23. The van der Waals surface area contributed by atoms with Crippen molar-refractivity contribution in [1.29, 1.82) is 0 Å². The first-order valence-electron chi connectivity index (χ1n) is 7.07. The number of hydrogen-bond donors (Lipinski definition) is 1. The van der Waals surface area contributed by atoms with E-state index in [9.17, 15) is 4.39 Å². The first kappa shape index (κ1) is 14.2. The number of likely N-dealkylation sites (N-methyl/N-ethyl adjacent to an activating group) is 1. The summed E-state index contributed by atoms with van der Waals surface area (Å²) in [6.07, 6.45) is 4.41. The molecule has 0 heterocycles. The summed E-state index contributed by atoms with van der Waals surface area (Å²) in [5.74, 6) is -0.113. The van der Waals surface area contributed by atoms with E-state index >= 15 is 0 Å². The Kier molecular flexibility index (Phi) is 5.11. The van der Waals surface area contributed by atoms with Crippen LogP contribution in [0, 0.1) is 5.82 Å². The van der Waals surface area contributed by atoms with E-state index in [1.807, 2.05) is 18.2 Å². The molecule has 0 amide bonds. The summed E-state index contributed by atoms with van der Waals surface area (Å²) in [4.78, 5) is 2.17. The van der Waals surface area contributed by atoms with Gasteiger partial charge in [0.25, 0.3) is 0 Å². The molecule has 0 bridgehead atoms. The maximum absolute atomic E-state index is 13.8. The molecule has 1 fully saturated rings. The van der Waals surface area contributed by atoms with E-state index in [-0.39, 0.29) is 5.82 Å². The predicted octanol–water partition coefficient (Wildman–Crippen LogP) is 3.09. The van der Waals surface area contributed by atoms with E-state index in [4.69, 9.17) is 0 Å².